The summed E-state index contributed by atoms with van der Waals surface area (Å²) in [5, 5.41) is 0. The zero-order valence-corrected chi connectivity index (χ0v) is 10.3. The van der Waals surface area contributed by atoms with Gasteiger partial charge in [0.05, 0.1) is 6.61 Å². The first-order valence-corrected chi connectivity index (χ1v) is 6.20. The van der Waals surface area contributed by atoms with Gasteiger partial charge in [-0.3, -0.25) is 4.57 Å². The zero-order chi connectivity index (χ0) is 12.6. The Morgan fingerprint density at radius 2 is 1.44 bits per heavy atom. The van der Waals surface area contributed by atoms with Crippen molar-refractivity contribution in [1.82, 2.24) is 15.0 Å². The third-order valence-electron chi connectivity index (χ3n) is 1.28. The fourth-order valence-electron chi connectivity index (χ4n) is 0.690. The van der Waals surface area contributed by atoms with Crippen LogP contribution in [0.25, 0.3) is 0 Å². The van der Waals surface area contributed by atoms with Crippen molar-refractivity contribution >= 4 is 25.9 Å². The number of aromatic nitrogens is 3. The van der Waals surface area contributed by atoms with Crippen molar-refractivity contribution in [3.8, 4) is 0 Å². The Labute approximate surface area is 94.5 Å². The molecule has 0 radical (unpaired) electrons. The molecule has 1 atom stereocenters. The molecule has 0 aliphatic rings. The van der Waals surface area contributed by atoms with Crippen LogP contribution < -0.4 is 17.2 Å². The number of hydrogen-bond donors (Lipinski definition) is 3. The van der Waals surface area contributed by atoms with Gasteiger partial charge in [-0.05, 0) is 6.92 Å². The van der Waals surface area contributed by atoms with Crippen LogP contribution in [0.2, 0.25) is 0 Å². The fraction of sp³-hybridized carbons (Fsp3) is 0.571. The first-order chi connectivity index (χ1) is 7.49. The molecule has 1 rings (SSSR count). The van der Waals surface area contributed by atoms with Crippen LogP contribution in [-0.4, -0.2) is 27.7 Å². The molecule has 1 unspecified atom stereocenters. The third kappa shape index (κ3) is 6.97. The second kappa shape index (κ2) is 7.84. The van der Waals surface area contributed by atoms with E-state index in [2.05, 4.69) is 15.0 Å². The molecule has 92 valence electrons. The lowest BCUT2D eigenvalue weighted by Gasteiger charge is -1.93. The van der Waals surface area contributed by atoms with E-state index >= 15 is 0 Å². The number of nitrogens with two attached hydrogens (primary N) is 3. The average molecular weight is 248 g/mol. The molecular weight excluding hydrogens is 231 g/mol. The number of rotatable bonds is 3. The number of hydrogen-bond acceptors (Lipinski definition) is 8. The molecular formula is C7H17N6O2P. The van der Waals surface area contributed by atoms with Crippen LogP contribution in [0.1, 0.15) is 13.8 Å². The van der Waals surface area contributed by atoms with Crippen molar-refractivity contribution in [2.24, 2.45) is 0 Å². The van der Waals surface area contributed by atoms with E-state index in [0.29, 0.717) is 12.8 Å². The van der Waals surface area contributed by atoms with E-state index in [0.717, 1.165) is 0 Å². The summed E-state index contributed by atoms with van der Waals surface area (Å²) in [5.74, 6) is 0.125. The summed E-state index contributed by atoms with van der Waals surface area (Å²) < 4.78 is 15.1. The summed E-state index contributed by atoms with van der Waals surface area (Å²) in [6.45, 7) is 4.28. The minimum Gasteiger partial charge on any atom is -0.368 e. The lowest BCUT2D eigenvalue weighted by molar-refractivity contribution is 0.351. The van der Waals surface area contributed by atoms with Gasteiger partial charge in [0.1, 0.15) is 0 Å². The van der Waals surface area contributed by atoms with E-state index in [1.807, 2.05) is 13.8 Å². The lowest BCUT2D eigenvalue weighted by atomic mass is 10.9. The normalized spacial score (nSPS) is 11.4. The number of nitrogen functional groups attached to an aromatic ring is 3. The van der Waals surface area contributed by atoms with Crippen LogP contribution in [0.5, 0.6) is 0 Å². The summed E-state index contributed by atoms with van der Waals surface area (Å²) in [4.78, 5) is 10.5. The maximum Gasteiger partial charge on any atom is 0.226 e. The molecule has 9 heteroatoms. The van der Waals surface area contributed by atoms with Gasteiger partial charge in [0.25, 0.3) is 0 Å². The lowest BCUT2D eigenvalue weighted by Crippen LogP contribution is -2.05. The van der Waals surface area contributed by atoms with Gasteiger partial charge >= 0.3 is 0 Å². The first kappa shape index (κ1) is 14.6. The highest BCUT2D eigenvalue weighted by Gasteiger charge is 1.93. The molecule has 0 aromatic carbocycles. The summed E-state index contributed by atoms with van der Waals surface area (Å²) in [6, 6.07) is 0. The Balaban J connectivity index is 0.000000293. The van der Waals surface area contributed by atoms with Gasteiger partial charge in [0.2, 0.25) is 17.8 Å². The van der Waals surface area contributed by atoms with E-state index in [4.69, 9.17) is 21.7 Å². The van der Waals surface area contributed by atoms with E-state index in [1.54, 1.807) is 0 Å². The van der Waals surface area contributed by atoms with Crippen molar-refractivity contribution in [2.45, 2.75) is 13.8 Å². The number of anilines is 3. The van der Waals surface area contributed by atoms with E-state index in [-0.39, 0.29) is 17.8 Å². The first-order valence-electron chi connectivity index (χ1n) is 4.67. The molecule has 0 bridgehead atoms. The van der Waals surface area contributed by atoms with Gasteiger partial charge in [-0.25, -0.2) is 0 Å². The van der Waals surface area contributed by atoms with Crippen LogP contribution in [0.15, 0.2) is 0 Å². The minimum atomic E-state index is -1.63. The molecule has 0 aliphatic carbocycles. The Kier molecular flexibility index (Phi) is 7.15. The molecule has 1 aromatic rings. The highest BCUT2D eigenvalue weighted by molar-refractivity contribution is 7.39. The van der Waals surface area contributed by atoms with Gasteiger partial charge in [-0.2, -0.15) is 15.0 Å². The van der Waals surface area contributed by atoms with E-state index in [1.165, 1.54) is 0 Å². The van der Waals surface area contributed by atoms with Crippen molar-refractivity contribution in [3.05, 3.63) is 0 Å². The highest BCUT2D eigenvalue weighted by Crippen LogP contribution is 2.19. The van der Waals surface area contributed by atoms with Crippen LogP contribution in [0.3, 0.4) is 0 Å². The van der Waals surface area contributed by atoms with E-state index in [9.17, 15) is 4.57 Å². The van der Waals surface area contributed by atoms with Gasteiger partial charge < -0.3 is 21.7 Å². The second-order valence-corrected chi connectivity index (χ2v) is 4.31. The number of nitrogens with zero attached hydrogens (tertiary/aromatic N) is 3. The molecule has 1 heterocycles. The molecule has 1 aromatic heterocycles. The largest absolute Gasteiger partial charge is 0.368 e. The standard InChI is InChI=1S/C4H11O2P.C3H6N6/c1-3-6-7(5)4-2;4-1-7-2(5)9-3(6)8-1/h7H,3-4H2,1-2H3;(H6,4,5,6,7,8,9). The highest BCUT2D eigenvalue weighted by atomic mass is 31.1. The van der Waals surface area contributed by atoms with Crippen molar-refractivity contribution in [3.63, 3.8) is 0 Å². The summed E-state index contributed by atoms with van der Waals surface area (Å²) in [6.07, 6.45) is 0.665. The quantitative estimate of drug-likeness (QED) is 0.640. The Morgan fingerprint density at radius 1 is 1.06 bits per heavy atom. The smallest absolute Gasteiger partial charge is 0.226 e. The molecule has 8 nitrogen and oxygen atoms in total. The SMILES string of the molecule is CCO[PH](=O)CC.Nc1nc(N)nc(N)n1. The van der Waals surface area contributed by atoms with Gasteiger partial charge in [0, 0.05) is 6.16 Å². The monoisotopic (exact) mass is 248 g/mol. The second-order valence-electron chi connectivity index (χ2n) is 2.57. The third-order valence-corrected chi connectivity index (χ3v) is 2.47. The zero-order valence-electron chi connectivity index (χ0n) is 9.30. The van der Waals surface area contributed by atoms with Gasteiger partial charge in [-0.1, -0.05) is 6.92 Å². The van der Waals surface area contributed by atoms with Crippen LogP contribution in [0, 0.1) is 0 Å². The molecule has 0 spiro atoms. The molecule has 6 N–H and O–H groups in total. The Bertz CT molecular complexity index is 297. The van der Waals surface area contributed by atoms with Crippen molar-refractivity contribution in [2.75, 3.05) is 30.0 Å². The molecule has 0 fully saturated rings. The summed E-state index contributed by atoms with van der Waals surface area (Å²) in [7, 11) is -1.63. The van der Waals surface area contributed by atoms with Crippen molar-refractivity contribution in [1.29, 1.82) is 0 Å². The van der Waals surface area contributed by atoms with E-state index < -0.39 is 8.03 Å². The van der Waals surface area contributed by atoms with Crippen LogP contribution in [-0.2, 0) is 9.09 Å². The van der Waals surface area contributed by atoms with Crippen LogP contribution in [0.4, 0.5) is 17.8 Å². The maximum atomic E-state index is 10.4. The fourth-order valence-corrected chi connectivity index (χ4v) is 1.22. The van der Waals surface area contributed by atoms with Gasteiger partial charge in [-0.15, -0.1) is 0 Å². The van der Waals surface area contributed by atoms with Gasteiger partial charge in [0.15, 0.2) is 8.03 Å². The Hall–Kier alpha value is -1.40. The Morgan fingerprint density at radius 3 is 1.62 bits per heavy atom. The molecule has 0 amide bonds. The predicted molar refractivity (Wildman–Crippen MR) is 64.2 cm³/mol. The molecule has 0 aliphatic heterocycles. The summed E-state index contributed by atoms with van der Waals surface area (Å²) in [5.41, 5.74) is 15.4. The average Bonchev–Trinajstić information content (AvgIpc) is 2.16. The summed E-state index contributed by atoms with van der Waals surface area (Å²) >= 11 is 0. The maximum absolute atomic E-state index is 10.4. The molecule has 0 saturated heterocycles. The van der Waals surface area contributed by atoms with Crippen molar-refractivity contribution < 1.29 is 9.09 Å². The molecule has 16 heavy (non-hydrogen) atoms. The topological polar surface area (TPSA) is 143 Å². The minimum absolute atomic E-state index is 0.0417. The predicted octanol–water partition coefficient (Wildman–Crippen LogP) is 0.136. The van der Waals surface area contributed by atoms with Crippen LogP contribution >= 0.6 is 8.03 Å². The molecule has 0 saturated carbocycles.